The van der Waals surface area contributed by atoms with E-state index in [1.807, 2.05) is 51.4 Å². The van der Waals surface area contributed by atoms with Crippen LogP contribution in [0.4, 0.5) is 4.79 Å². The molecule has 0 saturated carbocycles. The lowest BCUT2D eigenvalue weighted by Crippen LogP contribution is -2.36. The quantitative estimate of drug-likeness (QED) is 0.843. The largest absolute Gasteiger partial charge is 0.444 e. The highest BCUT2D eigenvalue weighted by molar-refractivity contribution is 5.69. The van der Waals surface area contributed by atoms with Crippen LogP contribution in [0.2, 0.25) is 0 Å². The highest BCUT2D eigenvalue weighted by atomic mass is 16.6. The second-order valence-corrected chi connectivity index (χ2v) is 7.44. The molecule has 0 radical (unpaired) electrons. The van der Waals surface area contributed by atoms with Gasteiger partial charge in [-0.15, -0.1) is 0 Å². The number of hydrogen-bond donors (Lipinski definition) is 0. The van der Waals surface area contributed by atoms with Crippen LogP contribution in [-0.4, -0.2) is 33.1 Å². The molecule has 0 spiro atoms. The molecule has 2 heterocycles. The van der Waals surface area contributed by atoms with Crippen LogP contribution in [0, 0.1) is 0 Å². The summed E-state index contributed by atoms with van der Waals surface area (Å²) in [6.45, 7) is 6.33. The number of likely N-dealkylation sites (tertiary alicyclic amines) is 1. The summed E-state index contributed by atoms with van der Waals surface area (Å²) in [7, 11) is 0. The highest BCUT2D eigenvalue weighted by Gasteiger charge is 2.34. The van der Waals surface area contributed by atoms with Crippen LogP contribution >= 0.6 is 0 Å². The predicted octanol–water partition coefficient (Wildman–Crippen LogP) is 4.14. The Morgan fingerprint density at radius 3 is 2.48 bits per heavy atom. The van der Waals surface area contributed by atoms with Crippen LogP contribution in [0.1, 0.15) is 56.6 Å². The van der Waals surface area contributed by atoms with Gasteiger partial charge < -0.3 is 4.74 Å². The number of nitrogens with zero attached hydrogens (tertiary/aromatic N) is 3. The first-order chi connectivity index (χ1) is 11.9. The first-order valence-corrected chi connectivity index (χ1v) is 8.77. The van der Waals surface area contributed by atoms with Crippen molar-refractivity contribution in [2.45, 2.75) is 51.7 Å². The predicted molar refractivity (Wildman–Crippen MR) is 96.2 cm³/mol. The number of hydrogen-bond acceptors (Lipinski definition) is 4. The zero-order valence-electron chi connectivity index (χ0n) is 15.1. The minimum Gasteiger partial charge on any atom is -0.444 e. The van der Waals surface area contributed by atoms with Crippen molar-refractivity contribution < 1.29 is 9.53 Å². The Bertz CT molecular complexity index is 708. The standard InChI is InChI=1S/C20H25N3O2/c1-20(2,3)25-19(24)23-11-7-10-17(23)18-21-13-16(14-22-18)12-15-8-5-4-6-9-15/h4-6,8-9,13-14,17H,7,10-12H2,1-3H3. The first kappa shape index (κ1) is 17.4. The Labute approximate surface area is 149 Å². The third kappa shape index (κ3) is 4.56. The monoisotopic (exact) mass is 339 g/mol. The van der Waals surface area contributed by atoms with Gasteiger partial charge in [0.2, 0.25) is 0 Å². The van der Waals surface area contributed by atoms with Crippen molar-refractivity contribution in [1.82, 2.24) is 14.9 Å². The normalized spacial score (nSPS) is 17.6. The number of rotatable bonds is 3. The van der Waals surface area contributed by atoms with Gasteiger partial charge in [-0.05, 0) is 44.7 Å². The van der Waals surface area contributed by atoms with Gasteiger partial charge in [0.25, 0.3) is 0 Å². The summed E-state index contributed by atoms with van der Waals surface area (Å²) in [5.41, 5.74) is 1.80. The molecule has 0 aliphatic carbocycles. The maximum Gasteiger partial charge on any atom is 0.410 e. The number of carbonyl (C=O) groups is 1. The van der Waals surface area contributed by atoms with Crippen molar-refractivity contribution in [3.8, 4) is 0 Å². The van der Waals surface area contributed by atoms with E-state index in [1.54, 1.807) is 4.90 Å². The number of aromatic nitrogens is 2. The van der Waals surface area contributed by atoms with Gasteiger partial charge in [-0.25, -0.2) is 14.8 Å². The molecule has 1 aromatic heterocycles. The number of amides is 1. The average molecular weight is 339 g/mol. The Hall–Kier alpha value is -2.43. The van der Waals surface area contributed by atoms with Crippen molar-refractivity contribution in [3.63, 3.8) is 0 Å². The Kier molecular flexibility index (Phi) is 5.02. The van der Waals surface area contributed by atoms with Crippen LogP contribution in [0.3, 0.4) is 0 Å². The zero-order valence-corrected chi connectivity index (χ0v) is 15.1. The maximum absolute atomic E-state index is 12.4. The molecule has 3 rings (SSSR count). The van der Waals surface area contributed by atoms with Crippen molar-refractivity contribution in [2.24, 2.45) is 0 Å². The van der Waals surface area contributed by atoms with Gasteiger partial charge in [0.1, 0.15) is 5.60 Å². The molecular formula is C20H25N3O2. The number of carbonyl (C=O) groups excluding carboxylic acids is 1. The van der Waals surface area contributed by atoms with E-state index >= 15 is 0 Å². The molecule has 5 heteroatoms. The second-order valence-electron chi connectivity index (χ2n) is 7.44. The maximum atomic E-state index is 12.4. The third-order valence-electron chi connectivity index (χ3n) is 4.16. The fraction of sp³-hybridized carbons (Fsp3) is 0.450. The van der Waals surface area contributed by atoms with Gasteiger partial charge in [0.05, 0.1) is 6.04 Å². The molecule has 1 aromatic carbocycles. The number of benzene rings is 1. The third-order valence-corrected chi connectivity index (χ3v) is 4.16. The van der Waals surface area contributed by atoms with E-state index in [1.165, 1.54) is 5.56 Å². The molecule has 132 valence electrons. The van der Waals surface area contributed by atoms with Gasteiger partial charge in [-0.1, -0.05) is 30.3 Å². The van der Waals surface area contributed by atoms with Crippen LogP contribution in [-0.2, 0) is 11.2 Å². The fourth-order valence-electron chi connectivity index (χ4n) is 3.03. The van der Waals surface area contributed by atoms with Gasteiger partial charge in [-0.2, -0.15) is 0 Å². The van der Waals surface area contributed by atoms with Gasteiger partial charge in [0, 0.05) is 25.4 Å². The minimum atomic E-state index is -0.495. The van der Waals surface area contributed by atoms with Gasteiger partial charge >= 0.3 is 6.09 Å². The average Bonchev–Trinajstić information content (AvgIpc) is 3.05. The van der Waals surface area contributed by atoms with Crippen LogP contribution in [0.15, 0.2) is 42.7 Å². The van der Waals surface area contributed by atoms with Crippen LogP contribution < -0.4 is 0 Å². The molecule has 1 atom stereocenters. The summed E-state index contributed by atoms with van der Waals surface area (Å²) >= 11 is 0. The first-order valence-electron chi connectivity index (χ1n) is 8.77. The van der Waals surface area contributed by atoms with Crippen molar-refractivity contribution in [1.29, 1.82) is 0 Å². The SMILES string of the molecule is CC(C)(C)OC(=O)N1CCCC1c1ncc(Cc2ccccc2)cn1. The molecule has 1 fully saturated rings. The van der Waals surface area contributed by atoms with Gasteiger partial charge in [-0.3, -0.25) is 4.90 Å². The Balaban J connectivity index is 1.69. The van der Waals surface area contributed by atoms with E-state index in [-0.39, 0.29) is 12.1 Å². The highest BCUT2D eigenvalue weighted by Crippen LogP contribution is 2.31. The van der Waals surface area contributed by atoms with Crippen molar-refractivity contribution in [2.75, 3.05) is 6.54 Å². The van der Waals surface area contributed by atoms with Crippen LogP contribution in [0.5, 0.6) is 0 Å². The molecule has 5 nitrogen and oxygen atoms in total. The molecule has 0 N–H and O–H groups in total. The van der Waals surface area contributed by atoms with E-state index in [4.69, 9.17) is 4.74 Å². The molecule has 0 bridgehead atoms. The van der Waals surface area contributed by atoms with E-state index in [0.717, 1.165) is 24.8 Å². The van der Waals surface area contributed by atoms with Gasteiger partial charge in [0.15, 0.2) is 5.82 Å². The lowest BCUT2D eigenvalue weighted by atomic mass is 10.1. The zero-order chi connectivity index (χ0) is 17.9. The fourth-order valence-corrected chi connectivity index (χ4v) is 3.03. The summed E-state index contributed by atoms with van der Waals surface area (Å²) < 4.78 is 5.51. The Morgan fingerprint density at radius 1 is 1.16 bits per heavy atom. The topological polar surface area (TPSA) is 55.3 Å². The smallest absolute Gasteiger partial charge is 0.410 e. The van der Waals surface area contributed by atoms with E-state index in [9.17, 15) is 4.79 Å². The summed E-state index contributed by atoms with van der Waals surface area (Å²) in [5.74, 6) is 0.695. The summed E-state index contributed by atoms with van der Waals surface area (Å²) in [6, 6.07) is 10.2. The molecular weight excluding hydrogens is 314 g/mol. The molecule has 1 aliphatic heterocycles. The molecule has 25 heavy (non-hydrogen) atoms. The van der Waals surface area contributed by atoms with Crippen molar-refractivity contribution in [3.05, 3.63) is 59.7 Å². The minimum absolute atomic E-state index is 0.0966. The lowest BCUT2D eigenvalue weighted by Gasteiger charge is -2.27. The molecule has 1 aliphatic rings. The van der Waals surface area contributed by atoms with E-state index < -0.39 is 5.60 Å². The number of ether oxygens (including phenoxy) is 1. The Morgan fingerprint density at radius 2 is 1.84 bits per heavy atom. The lowest BCUT2D eigenvalue weighted by molar-refractivity contribution is 0.0218. The molecule has 2 aromatic rings. The van der Waals surface area contributed by atoms with E-state index in [0.29, 0.717) is 12.4 Å². The summed E-state index contributed by atoms with van der Waals surface area (Å²) in [4.78, 5) is 23.2. The van der Waals surface area contributed by atoms with Crippen LogP contribution in [0.25, 0.3) is 0 Å². The van der Waals surface area contributed by atoms with E-state index in [2.05, 4.69) is 22.1 Å². The second kappa shape index (κ2) is 7.21. The molecule has 1 unspecified atom stereocenters. The molecule has 1 amide bonds. The molecule has 1 saturated heterocycles. The summed E-state index contributed by atoms with van der Waals surface area (Å²) in [5, 5.41) is 0. The summed E-state index contributed by atoms with van der Waals surface area (Å²) in [6.07, 6.45) is 6.06. The van der Waals surface area contributed by atoms with Crippen molar-refractivity contribution >= 4 is 6.09 Å².